The van der Waals surface area contributed by atoms with Crippen LogP contribution in [0.25, 0.3) is 0 Å². The maximum absolute atomic E-state index is 9.98. The van der Waals surface area contributed by atoms with Crippen molar-refractivity contribution >= 4 is 6.08 Å². The lowest BCUT2D eigenvalue weighted by molar-refractivity contribution is 0.529. The van der Waals surface area contributed by atoms with Crippen molar-refractivity contribution in [2.24, 2.45) is 4.99 Å². The molecule has 94 valence electrons. The maximum atomic E-state index is 9.98. The van der Waals surface area contributed by atoms with Gasteiger partial charge in [-0.15, -0.1) is 0 Å². The Balaban J connectivity index is 3.06. The molecule has 0 aromatic carbocycles. The van der Waals surface area contributed by atoms with E-state index in [1.807, 2.05) is 6.92 Å². The first kappa shape index (κ1) is 15.4. The van der Waals surface area contributed by atoms with Crippen molar-refractivity contribution in [3.05, 3.63) is 0 Å². The third-order valence-electron chi connectivity index (χ3n) is 3.00. The lowest BCUT2D eigenvalue weighted by Gasteiger charge is -2.04. The van der Waals surface area contributed by atoms with Crippen LogP contribution < -0.4 is 0 Å². The molecule has 16 heavy (non-hydrogen) atoms. The van der Waals surface area contributed by atoms with E-state index in [9.17, 15) is 4.79 Å². The summed E-state index contributed by atoms with van der Waals surface area (Å²) in [6.07, 6.45) is 14.8. The van der Waals surface area contributed by atoms with E-state index >= 15 is 0 Å². The molecule has 2 heteroatoms. The molecule has 0 saturated heterocycles. The lowest BCUT2D eigenvalue weighted by atomic mass is 10.1. The summed E-state index contributed by atoms with van der Waals surface area (Å²) in [4.78, 5) is 13.7. The van der Waals surface area contributed by atoms with Gasteiger partial charge in [-0.05, 0) is 13.3 Å². The van der Waals surface area contributed by atoms with Gasteiger partial charge in [0.2, 0.25) is 6.08 Å². The second-order valence-corrected chi connectivity index (χ2v) is 4.69. The number of nitrogens with zero attached hydrogens (tertiary/aromatic N) is 1. The van der Waals surface area contributed by atoms with E-state index in [0.717, 1.165) is 6.42 Å². The fourth-order valence-electron chi connectivity index (χ4n) is 1.90. The van der Waals surface area contributed by atoms with Gasteiger partial charge < -0.3 is 0 Å². The largest absolute Gasteiger partial charge is 0.235 e. The van der Waals surface area contributed by atoms with Gasteiger partial charge in [0.05, 0.1) is 6.04 Å². The molecular formula is C14H27NO. The summed E-state index contributed by atoms with van der Waals surface area (Å²) in [5.41, 5.74) is 0. The topological polar surface area (TPSA) is 29.4 Å². The molecule has 1 atom stereocenters. The molecule has 0 heterocycles. The summed E-state index contributed by atoms with van der Waals surface area (Å²) >= 11 is 0. The molecule has 0 aliphatic carbocycles. The molecule has 0 aliphatic heterocycles. The lowest BCUT2D eigenvalue weighted by Crippen LogP contribution is -1.96. The molecule has 0 fully saturated rings. The summed E-state index contributed by atoms with van der Waals surface area (Å²) in [5.74, 6) is 0. The number of unbranched alkanes of at least 4 members (excludes halogenated alkanes) is 8. The van der Waals surface area contributed by atoms with Gasteiger partial charge in [-0.3, -0.25) is 0 Å². The van der Waals surface area contributed by atoms with Crippen molar-refractivity contribution in [1.82, 2.24) is 0 Å². The number of carbonyl (C=O) groups excluding carboxylic acids is 1. The van der Waals surface area contributed by atoms with Crippen LogP contribution in [0.3, 0.4) is 0 Å². The SMILES string of the molecule is CCCCCCCCCCCC(C)N=C=O. The average molecular weight is 225 g/mol. The molecule has 0 amide bonds. The molecule has 0 aromatic rings. The third kappa shape index (κ3) is 11.5. The molecule has 0 N–H and O–H groups in total. The van der Waals surface area contributed by atoms with Gasteiger partial charge in [-0.1, -0.05) is 64.7 Å². The van der Waals surface area contributed by atoms with Crippen LogP contribution in [0, 0.1) is 0 Å². The number of rotatable bonds is 11. The Morgan fingerprint density at radius 1 is 0.938 bits per heavy atom. The zero-order chi connectivity index (χ0) is 12.1. The first-order chi connectivity index (χ1) is 7.81. The first-order valence-corrected chi connectivity index (χ1v) is 6.88. The van der Waals surface area contributed by atoms with Crippen LogP contribution in [0.1, 0.15) is 78.1 Å². The van der Waals surface area contributed by atoms with E-state index < -0.39 is 0 Å². The van der Waals surface area contributed by atoms with Gasteiger partial charge in [0, 0.05) is 0 Å². The van der Waals surface area contributed by atoms with Crippen LogP contribution in [0.5, 0.6) is 0 Å². The van der Waals surface area contributed by atoms with Gasteiger partial charge in [-0.2, -0.15) is 0 Å². The van der Waals surface area contributed by atoms with E-state index in [4.69, 9.17) is 0 Å². The normalized spacial score (nSPS) is 12.1. The second kappa shape index (κ2) is 12.4. The third-order valence-corrected chi connectivity index (χ3v) is 3.00. The van der Waals surface area contributed by atoms with E-state index in [1.165, 1.54) is 57.8 Å². The smallest absolute Gasteiger partial charge is 0.211 e. The van der Waals surface area contributed by atoms with E-state index in [0.29, 0.717) is 0 Å². The van der Waals surface area contributed by atoms with Crippen LogP contribution in [0.4, 0.5) is 0 Å². The van der Waals surface area contributed by atoms with Crippen molar-refractivity contribution in [3.63, 3.8) is 0 Å². The van der Waals surface area contributed by atoms with Gasteiger partial charge in [0.25, 0.3) is 0 Å². The van der Waals surface area contributed by atoms with Crippen LogP contribution in [0.15, 0.2) is 4.99 Å². The molecule has 0 aliphatic rings. The zero-order valence-electron chi connectivity index (χ0n) is 11.0. The highest BCUT2D eigenvalue weighted by molar-refractivity contribution is 5.33. The number of hydrogen-bond acceptors (Lipinski definition) is 2. The van der Waals surface area contributed by atoms with Crippen molar-refractivity contribution in [2.75, 3.05) is 0 Å². The Morgan fingerprint density at radius 2 is 1.44 bits per heavy atom. The van der Waals surface area contributed by atoms with Gasteiger partial charge >= 0.3 is 0 Å². The highest BCUT2D eigenvalue weighted by Gasteiger charge is 1.98. The van der Waals surface area contributed by atoms with Gasteiger partial charge in [-0.25, -0.2) is 9.79 Å². The van der Waals surface area contributed by atoms with Gasteiger partial charge in [0.1, 0.15) is 0 Å². The fraction of sp³-hybridized carbons (Fsp3) is 0.929. The Bertz CT molecular complexity index is 185. The number of hydrogen-bond donors (Lipinski definition) is 0. The second-order valence-electron chi connectivity index (χ2n) is 4.69. The van der Waals surface area contributed by atoms with Crippen molar-refractivity contribution in [3.8, 4) is 0 Å². The molecule has 0 radical (unpaired) electrons. The molecule has 1 unspecified atom stereocenters. The monoisotopic (exact) mass is 225 g/mol. The highest BCUT2D eigenvalue weighted by Crippen LogP contribution is 2.11. The minimum Gasteiger partial charge on any atom is -0.211 e. The van der Waals surface area contributed by atoms with Crippen molar-refractivity contribution < 1.29 is 4.79 Å². The molecule has 0 saturated carbocycles. The van der Waals surface area contributed by atoms with E-state index in [2.05, 4.69) is 11.9 Å². The minimum atomic E-state index is 0.169. The molecule has 2 nitrogen and oxygen atoms in total. The Hall–Kier alpha value is -0.620. The first-order valence-electron chi connectivity index (χ1n) is 6.88. The van der Waals surface area contributed by atoms with Crippen molar-refractivity contribution in [2.45, 2.75) is 84.1 Å². The molecular weight excluding hydrogens is 198 g/mol. The molecule has 0 bridgehead atoms. The standard InChI is InChI=1S/C14H27NO/c1-3-4-5-6-7-8-9-10-11-12-14(2)15-13-16/h14H,3-12H2,1-2H3. The van der Waals surface area contributed by atoms with Crippen LogP contribution in [-0.4, -0.2) is 12.1 Å². The van der Waals surface area contributed by atoms with Crippen LogP contribution in [0.2, 0.25) is 0 Å². The summed E-state index contributed by atoms with van der Waals surface area (Å²) in [5, 5.41) is 0. The number of isocyanates is 1. The predicted molar refractivity (Wildman–Crippen MR) is 69.4 cm³/mol. The zero-order valence-corrected chi connectivity index (χ0v) is 11.0. The summed E-state index contributed by atoms with van der Waals surface area (Å²) in [7, 11) is 0. The average Bonchev–Trinajstić information content (AvgIpc) is 2.27. The Labute approximate surface area is 101 Å². The molecule has 0 aromatic heterocycles. The van der Waals surface area contributed by atoms with Crippen LogP contribution in [-0.2, 0) is 4.79 Å². The minimum absolute atomic E-state index is 0.169. The van der Waals surface area contributed by atoms with E-state index in [-0.39, 0.29) is 6.04 Å². The Morgan fingerprint density at radius 3 is 1.94 bits per heavy atom. The summed E-state index contributed by atoms with van der Waals surface area (Å²) < 4.78 is 0. The fourth-order valence-corrected chi connectivity index (χ4v) is 1.90. The quantitative estimate of drug-likeness (QED) is 0.286. The molecule has 0 spiro atoms. The summed E-state index contributed by atoms with van der Waals surface area (Å²) in [6, 6.07) is 0.169. The summed E-state index contributed by atoms with van der Waals surface area (Å²) in [6.45, 7) is 4.23. The van der Waals surface area contributed by atoms with Crippen molar-refractivity contribution in [1.29, 1.82) is 0 Å². The Kier molecular flexibility index (Phi) is 12.0. The van der Waals surface area contributed by atoms with E-state index in [1.54, 1.807) is 6.08 Å². The number of aliphatic imine (C=N–C) groups is 1. The maximum Gasteiger partial charge on any atom is 0.235 e. The predicted octanol–water partition coefficient (Wildman–Crippen LogP) is 4.63. The highest BCUT2D eigenvalue weighted by atomic mass is 16.1. The van der Waals surface area contributed by atoms with Crippen LogP contribution >= 0.6 is 0 Å². The molecule has 0 rings (SSSR count). The van der Waals surface area contributed by atoms with Gasteiger partial charge in [0.15, 0.2) is 0 Å².